The van der Waals surface area contributed by atoms with E-state index in [1.54, 1.807) is 23.1 Å². The first-order valence-corrected chi connectivity index (χ1v) is 6.86. The largest absolute Gasteiger partial charge is 0.351 e. The van der Waals surface area contributed by atoms with Gasteiger partial charge in [0, 0.05) is 5.56 Å². The van der Waals surface area contributed by atoms with Gasteiger partial charge >= 0.3 is 0 Å². The number of ether oxygens (including phenoxy) is 1. The van der Waals surface area contributed by atoms with E-state index >= 15 is 0 Å². The molecule has 4 heteroatoms. The Morgan fingerprint density at radius 1 is 1.25 bits per heavy atom. The van der Waals surface area contributed by atoms with Gasteiger partial charge in [-0.15, -0.1) is 0 Å². The highest BCUT2D eigenvalue weighted by Crippen LogP contribution is 2.32. The fourth-order valence-electron chi connectivity index (χ4n) is 2.76. The number of aryl methyl sites for hydroxylation is 1. The average molecular weight is 275 g/mol. The maximum atomic E-state index is 12.5. The van der Waals surface area contributed by atoms with Gasteiger partial charge in [0.1, 0.15) is 5.72 Å². The molecule has 108 valence electrons. The minimum atomic E-state index is -0.755. The minimum absolute atomic E-state index is 0.0840. The first-order valence-electron chi connectivity index (χ1n) is 6.86. The number of carbonyl (C=O) groups excluding carboxylic acids is 2. The molecule has 20 heavy (non-hydrogen) atoms. The first kappa shape index (κ1) is 14.7. The third-order valence-electron chi connectivity index (χ3n) is 3.83. The standard InChI is InChI=1S/C16H21NO3/c1-10-7-6-8-13(9-10)14(18)15(19)17-11(2)12(3)20-16(17,4)5/h6-9,11-12H,1-5H3. The molecule has 0 aliphatic carbocycles. The summed E-state index contributed by atoms with van der Waals surface area (Å²) in [6.07, 6.45) is -0.0840. The summed E-state index contributed by atoms with van der Waals surface area (Å²) in [7, 11) is 0. The summed E-state index contributed by atoms with van der Waals surface area (Å²) in [5, 5.41) is 0. The Hall–Kier alpha value is -1.68. The lowest BCUT2D eigenvalue weighted by Gasteiger charge is -2.31. The molecule has 1 saturated heterocycles. The Morgan fingerprint density at radius 2 is 1.90 bits per heavy atom. The van der Waals surface area contributed by atoms with Gasteiger partial charge in [0.05, 0.1) is 12.1 Å². The van der Waals surface area contributed by atoms with Gasteiger partial charge in [-0.3, -0.25) is 9.59 Å². The fourth-order valence-corrected chi connectivity index (χ4v) is 2.76. The highest BCUT2D eigenvalue weighted by molar-refractivity contribution is 6.42. The number of hydrogen-bond acceptors (Lipinski definition) is 3. The van der Waals surface area contributed by atoms with Gasteiger partial charge in [0.25, 0.3) is 5.91 Å². The van der Waals surface area contributed by atoms with Crippen LogP contribution in [-0.2, 0) is 9.53 Å². The number of hydrogen-bond donors (Lipinski definition) is 0. The average Bonchev–Trinajstić information content (AvgIpc) is 2.56. The minimum Gasteiger partial charge on any atom is -0.351 e. The second kappa shape index (κ2) is 5.02. The monoisotopic (exact) mass is 275 g/mol. The molecule has 4 nitrogen and oxygen atoms in total. The third-order valence-corrected chi connectivity index (χ3v) is 3.83. The highest BCUT2D eigenvalue weighted by atomic mass is 16.5. The number of rotatable bonds is 2. The van der Waals surface area contributed by atoms with Crippen molar-refractivity contribution in [3.63, 3.8) is 0 Å². The number of benzene rings is 1. The van der Waals surface area contributed by atoms with Gasteiger partial charge in [-0.05, 0) is 40.7 Å². The molecule has 1 aliphatic heterocycles. The molecule has 2 rings (SSSR count). The molecular formula is C16H21NO3. The normalized spacial score (nSPS) is 24.8. The zero-order valence-corrected chi connectivity index (χ0v) is 12.6. The summed E-state index contributed by atoms with van der Waals surface area (Å²) >= 11 is 0. The summed E-state index contributed by atoms with van der Waals surface area (Å²) in [4.78, 5) is 26.4. The SMILES string of the molecule is Cc1cccc(C(=O)C(=O)N2C(C)C(C)OC2(C)C)c1. The fraction of sp³-hybridized carbons (Fsp3) is 0.500. The van der Waals surface area contributed by atoms with Crippen molar-refractivity contribution in [3.8, 4) is 0 Å². The second-order valence-electron chi connectivity index (χ2n) is 5.88. The Balaban J connectivity index is 2.29. The molecule has 1 aromatic carbocycles. The highest BCUT2D eigenvalue weighted by Gasteiger charge is 2.47. The maximum absolute atomic E-state index is 12.5. The van der Waals surface area contributed by atoms with E-state index < -0.39 is 17.4 Å². The van der Waals surface area contributed by atoms with E-state index in [1.165, 1.54) is 0 Å². The van der Waals surface area contributed by atoms with E-state index in [-0.39, 0.29) is 12.1 Å². The van der Waals surface area contributed by atoms with E-state index in [0.29, 0.717) is 5.56 Å². The molecule has 1 fully saturated rings. The van der Waals surface area contributed by atoms with Crippen LogP contribution < -0.4 is 0 Å². The summed E-state index contributed by atoms with van der Waals surface area (Å²) in [6, 6.07) is 6.97. The lowest BCUT2D eigenvalue weighted by Crippen LogP contribution is -2.50. The van der Waals surface area contributed by atoms with Crippen molar-refractivity contribution >= 4 is 11.7 Å². The van der Waals surface area contributed by atoms with Crippen LogP contribution in [0.25, 0.3) is 0 Å². The summed E-state index contributed by atoms with van der Waals surface area (Å²) < 4.78 is 5.76. The van der Waals surface area contributed by atoms with Crippen LogP contribution in [0.15, 0.2) is 24.3 Å². The number of carbonyl (C=O) groups is 2. The second-order valence-corrected chi connectivity index (χ2v) is 5.88. The van der Waals surface area contributed by atoms with Gasteiger partial charge in [0.2, 0.25) is 5.78 Å². The van der Waals surface area contributed by atoms with Gasteiger partial charge in [-0.1, -0.05) is 23.8 Å². The lowest BCUT2D eigenvalue weighted by atomic mass is 10.0. The van der Waals surface area contributed by atoms with Gasteiger partial charge in [-0.2, -0.15) is 0 Å². The van der Waals surface area contributed by atoms with Crippen molar-refractivity contribution in [2.75, 3.05) is 0 Å². The molecule has 0 N–H and O–H groups in total. The Labute approximate surface area is 119 Å². The van der Waals surface area contributed by atoms with E-state index in [0.717, 1.165) is 5.56 Å². The molecule has 1 aliphatic rings. The molecule has 0 aromatic heterocycles. The maximum Gasteiger partial charge on any atom is 0.297 e. The van der Waals surface area contributed by atoms with Crippen LogP contribution in [0.1, 0.15) is 43.6 Å². The molecule has 1 aromatic rings. The van der Waals surface area contributed by atoms with Crippen LogP contribution >= 0.6 is 0 Å². The van der Waals surface area contributed by atoms with Crippen molar-refractivity contribution < 1.29 is 14.3 Å². The Morgan fingerprint density at radius 3 is 2.40 bits per heavy atom. The van der Waals surface area contributed by atoms with Crippen LogP contribution in [0, 0.1) is 6.92 Å². The number of Topliss-reactive ketones (excluding diaryl/α,β-unsaturated/α-hetero) is 1. The predicted molar refractivity (Wildman–Crippen MR) is 76.4 cm³/mol. The van der Waals surface area contributed by atoms with Crippen LogP contribution in [0.3, 0.4) is 0 Å². The smallest absolute Gasteiger partial charge is 0.297 e. The van der Waals surface area contributed by atoms with Crippen LogP contribution in [0.5, 0.6) is 0 Å². The summed E-state index contributed by atoms with van der Waals surface area (Å²) in [6.45, 7) is 9.34. The van der Waals surface area contributed by atoms with Gasteiger partial charge in [0.15, 0.2) is 0 Å². The van der Waals surface area contributed by atoms with Crippen molar-refractivity contribution in [1.29, 1.82) is 0 Å². The Bertz CT molecular complexity index is 550. The lowest BCUT2D eigenvalue weighted by molar-refractivity contribution is -0.141. The molecule has 1 heterocycles. The zero-order chi connectivity index (χ0) is 15.1. The molecule has 0 radical (unpaired) electrons. The van der Waals surface area contributed by atoms with Crippen LogP contribution in [0.4, 0.5) is 0 Å². The zero-order valence-electron chi connectivity index (χ0n) is 12.6. The van der Waals surface area contributed by atoms with Crippen molar-refractivity contribution in [2.24, 2.45) is 0 Å². The molecule has 0 saturated carbocycles. The van der Waals surface area contributed by atoms with Crippen LogP contribution in [0.2, 0.25) is 0 Å². The summed E-state index contributed by atoms with van der Waals surface area (Å²) in [5.74, 6) is -0.983. The molecule has 0 bridgehead atoms. The topological polar surface area (TPSA) is 46.6 Å². The van der Waals surface area contributed by atoms with Gasteiger partial charge in [-0.25, -0.2) is 0 Å². The molecule has 2 atom stereocenters. The van der Waals surface area contributed by atoms with Crippen molar-refractivity contribution in [1.82, 2.24) is 4.90 Å². The molecule has 1 amide bonds. The first-order chi connectivity index (χ1) is 9.24. The van der Waals surface area contributed by atoms with E-state index in [4.69, 9.17) is 4.74 Å². The Kier molecular flexibility index (Phi) is 3.69. The quantitative estimate of drug-likeness (QED) is 0.615. The third kappa shape index (κ3) is 2.48. The molecule has 0 spiro atoms. The van der Waals surface area contributed by atoms with Crippen molar-refractivity contribution in [3.05, 3.63) is 35.4 Å². The number of amides is 1. The van der Waals surface area contributed by atoms with Gasteiger partial charge < -0.3 is 9.64 Å². The van der Waals surface area contributed by atoms with Crippen LogP contribution in [-0.4, -0.2) is 34.5 Å². The van der Waals surface area contributed by atoms with Crippen molar-refractivity contribution in [2.45, 2.75) is 52.5 Å². The predicted octanol–water partition coefficient (Wildman–Crippen LogP) is 2.55. The number of ketones is 1. The van der Waals surface area contributed by atoms with E-state index in [1.807, 2.05) is 40.7 Å². The number of nitrogens with zero attached hydrogens (tertiary/aromatic N) is 1. The van der Waals surface area contributed by atoms with E-state index in [9.17, 15) is 9.59 Å². The molecule has 2 unspecified atom stereocenters. The van der Waals surface area contributed by atoms with E-state index in [2.05, 4.69) is 0 Å². The molecular weight excluding hydrogens is 254 g/mol. The summed E-state index contributed by atoms with van der Waals surface area (Å²) in [5.41, 5.74) is 0.634.